The van der Waals surface area contributed by atoms with E-state index >= 15 is 0 Å². The molecule has 118 valence electrons. The SMILES string of the molecule is CCc1nn(CC)c(CC(=O)CCC2CCCCO2)c1Br. The Balaban J connectivity index is 1.91. The Morgan fingerprint density at radius 3 is 2.86 bits per heavy atom. The van der Waals surface area contributed by atoms with E-state index in [1.165, 1.54) is 6.42 Å². The minimum absolute atomic E-state index is 0.280. The molecule has 1 aliphatic heterocycles. The van der Waals surface area contributed by atoms with E-state index in [-0.39, 0.29) is 11.9 Å². The van der Waals surface area contributed by atoms with Crippen molar-refractivity contribution in [2.24, 2.45) is 0 Å². The lowest BCUT2D eigenvalue weighted by Gasteiger charge is -2.22. The minimum Gasteiger partial charge on any atom is -0.378 e. The summed E-state index contributed by atoms with van der Waals surface area (Å²) >= 11 is 3.60. The number of rotatable bonds is 7. The van der Waals surface area contributed by atoms with Gasteiger partial charge in [0.2, 0.25) is 0 Å². The predicted octanol–water partition coefficient (Wildman–Crippen LogP) is 3.69. The molecule has 1 fully saturated rings. The van der Waals surface area contributed by atoms with Gasteiger partial charge < -0.3 is 4.74 Å². The van der Waals surface area contributed by atoms with Crippen LogP contribution in [0.1, 0.15) is 57.3 Å². The first-order valence-corrected chi connectivity index (χ1v) is 8.82. The average molecular weight is 357 g/mol. The molecule has 1 saturated heterocycles. The summed E-state index contributed by atoms with van der Waals surface area (Å²) in [4.78, 5) is 12.3. The number of ether oxygens (including phenoxy) is 1. The highest BCUT2D eigenvalue weighted by Crippen LogP contribution is 2.24. The van der Waals surface area contributed by atoms with Crippen LogP contribution in [-0.2, 0) is 28.9 Å². The van der Waals surface area contributed by atoms with E-state index in [2.05, 4.69) is 34.9 Å². The third-order valence-electron chi connectivity index (χ3n) is 4.08. The van der Waals surface area contributed by atoms with Crippen molar-refractivity contribution < 1.29 is 9.53 Å². The van der Waals surface area contributed by atoms with Crippen LogP contribution in [0.25, 0.3) is 0 Å². The van der Waals surface area contributed by atoms with Gasteiger partial charge in [-0.1, -0.05) is 6.92 Å². The van der Waals surface area contributed by atoms with Crippen LogP contribution in [0.15, 0.2) is 4.47 Å². The molecule has 0 N–H and O–H groups in total. The van der Waals surface area contributed by atoms with Crippen molar-refractivity contribution in [2.75, 3.05) is 6.61 Å². The summed E-state index contributed by atoms with van der Waals surface area (Å²) < 4.78 is 8.64. The first kappa shape index (κ1) is 16.7. The van der Waals surface area contributed by atoms with E-state index in [1.807, 2.05) is 4.68 Å². The molecule has 21 heavy (non-hydrogen) atoms. The van der Waals surface area contributed by atoms with Gasteiger partial charge in [0.25, 0.3) is 0 Å². The maximum absolute atomic E-state index is 12.3. The van der Waals surface area contributed by atoms with Gasteiger partial charge in [0.15, 0.2) is 0 Å². The molecule has 0 saturated carbocycles. The highest BCUT2D eigenvalue weighted by Gasteiger charge is 2.19. The standard InChI is InChI=1S/C16H25BrN2O2/c1-3-14-16(17)15(19(4-2)18-14)11-12(20)8-9-13-7-5-6-10-21-13/h13H,3-11H2,1-2H3. The van der Waals surface area contributed by atoms with E-state index in [4.69, 9.17) is 4.74 Å². The maximum atomic E-state index is 12.3. The Labute approximate surface area is 135 Å². The average Bonchev–Trinajstić information content (AvgIpc) is 2.82. The highest BCUT2D eigenvalue weighted by atomic mass is 79.9. The lowest BCUT2D eigenvalue weighted by molar-refractivity contribution is -0.119. The lowest BCUT2D eigenvalue weighted by atomic mass is 10.0. The van der Waals surface area contributed by atoms with Gasteiger partial charge in [-0.05, 0) is 55.0 Å². The quantitative estimate of drug-likeness (QED) is 0.748. The number of aryl methyl sites for hydroxylation is 2. The van der Waals surface area contributed by atoms with Crippen molar-refractivity contribution in [3.63, 3.8) is 0 Å². The Morgan fingerprint density at radius 2 is 2.24 bits per heavy atom. The monoisotopic (exact) mass is 356 g/mol. The summed E-state index contributed by atoms with van der Waals surface area (Å²) in [6.45, 7) is 5.79. The third-order valence-corrected chi connectivity index (χ3v) is 4.99. The summed E-state index contributed by atoms with van der Waals surface area (Å²) in [5.41, 5.74) is 2.05. The largest absolute Gasteiger partial charge is 0.378 e. The summed E-state index contributed by atoms with van der Waals surface area (Å²) in [5.74, 6) is 0.280. The van der Waals surface area contributed by atoms with Crippen molar-refractivity contribution in [1.29, 1.82) is 0 Å². The Kier molecular flexibility index (Phi) is 6.42. The number of nitrogens with zero attached hydrogens (tertiary/aromatic N) is 2. The first-order valence-electron chi connectivity index (χ1n) is 8.03. The molecular formula is C16H25BrN2O2. The second-order valence-electron chi connectivity index (χ2n) is 5.62. The lowest BCUT2D eigenvalue weighted by Crippen LogP contribution is -2.20. The van der Waals surface area contributed by atoms with E-state index < -0.39 is 0 Å². The van der Waals surface area contributed by atoms with Crippen molar-refractivity contribution >= 4 is 21.7 Å². The van der Waals surface area contributed by atoms with Gasteiger partial charge in [0.1, 0.15) is 5.78 Å². The first-order chi connectivity index (χ1) is 10.2. The topological polar surface area (TPSA) is 44.1 Å². The number of carbonyl (C=O) groups is 1. The smallest absolute Gasteiger partial charge is 0.138 e. The molecule has 0 aromatic carbocycles. The van der Waals surface area contributed by atoms with E-state index in [0.29, 0.717) is 12.8 Å². The molecule has 1 aromatic heterocycles. The molecule has 2 rings (SSSR count). The molecule has 1 aliphatic rings. The molecule has 1 unspecified atom stereocenters. The van der Waals surface area contributed by atoms with Gasteiger partial charge in [-0.2, -0.15) is 5.10 Å². The number of halogens is 1. The number of hydrogen-bond acceptors (Lipinski definition) is 3. The Hall–Kier alpha value is -0.680. The van der Waals surface area contributed by atoms with Crippen LogP contribution < -0.4 is 0 Å². The second kappa shape index (κ2) is 8.08. The molecule has 0 radical (unpaired) electrons. The molecule has 0 bridgehead atoms. The summed E-state index contributed by atoms with van der Waals surface area (Å²) in [7, 11) is 0. The van der Waals surface area contributed by atoms with E-state index in [1.54, 1.807) is 0 Å². The molecule has 0 aliphatic carbocycles. The molecule has 1 atom stereocenters. The number of ketones is 1. The second-order valence-corrected chi connectivity index (χ2v) is 6.41. The van der Waals surface area contributed by atoms with Gasteiger partial charge in [-0.3, -0.25) is 9.48 Å². The zero-order chi connectivity index (χ0) is 15.2. The van der Waals surface area contributed by atoms with Crippen LogP contribution >= 0.6 is 15.9 Å². The van der Waals surface area contributed by atoms with Gasteiger partial charge in [0.05, 0.1) is 22.0 Å². The summed E-state index contributed by atoms with van der Waals surface area (Å²) in [6, 6.07) is 0. The van der Waals surface area contributed by atoms with Crippen LogP contribution in [-0.4, -0.2) is 28.3 Å². The van der Waals surface area contributed by atoms with E-state index in [9.17, 15) is 4.79 Å². The predicted molar refractivity (Wildman–Crippen MR) is 86.5 cm³/mol. The van der Waals surface area contributed by atoms with Crippen LogP contribution in [0.2, 0.25) is 0 Å². The number of aromatic nitrogens is 2. The highest BCUT2D eigenvalue weighted by molar-refractivity contribution is 9.10. The Morgan fingerprint density at radius 1 is 1.43 bits per heavy atom. The third kappa shape index (κ3) is 4.39. The number of hydrogen-bond donors (Lipinski definition) is 0. The van der Waals surface area contributed by atoms with Gasteiger partial charge in [0, 0.05) is 26.0 Å². The molecule has 5 heteroatoms. The van der Waals surface area contributed by atoms with Crippen LogP contribution in [0, 0.1) is 0 Å². The van der Waals surface area contributed by atoms with Crippen molar-refractivity contribution in [2.45, 2.75) is 71.4 Å². The van der Waals surface area contributed by atoms with Crippen LogP contribution in [0.5, 0.6) is 0 Å². The van der Waals surface area contributed by atoms with Crippen molar-refractivity contribution in [1.82, 2.24) is 9.78 Å². The zero-order valence-corrected chi connectivity index (χ0v) is 14.6. The maximum Gasteiger partial charge on any atom is 0.138 e. The zero-order valence-electron chi connectivity index (χ0n) is 13.0. The number of Topliss-reactive ketones (excluding diaryl/α,β-unsaturated/α-hetero) is 1. The molecular weight excluding hydrogens is 332 g/mol. The minimum atomic E-state index is 0.280. The van der Waals surface area contributed by atoms with E-state index in [0.717, 1.165) is 54.7 Å². The van der Waals surface area contributed by atoms with Crippen LogP contribution in [0.3, 0.4) is 0 Å². The number of carbonyl (C=O) groups excluding carboxylic acids is 1. The summed E-state index contributed by atoms with van der Waals surface area (Å²) in [5, 5.41) is 4.54. The molecule has 2 heterocycles. The molecule has 0 spiro atoms. The fourth-order valence-electron chi connectivity index (χ4n) is 2.82. The molecule has 4 nitrogen and oxygen atoms in total. The Bertz CT molecular complexity index is 479. The molecule has 1 aromatic rings. The summed E-state index contributed by atoms with van der Waals surface area (Å²) in [6.07, 6.45) is 6.58. The van der Waals surface area contributed by atoms with Crippen molar-refractivity contribution in [3.8, 4) is 0 Å². The molecule has 0 amide bonds. The van der Waals surface area contributed by atoms with Gasteiger partial charge in [-0.15, -0.1) is 0 Å². The van der Waals surface area contributed by atoms with Crippen LogP contribution in [0.4, 0.5) is 0 Å². The van der Waals surface area contributed by atoms with Crippen molar-refractivity contribution in [3.05, 3.63) is 15.9 Å². The normalized spacial score (nSPS) is 18.9. The van der Waals surface area contributed by atoms with Gasteiger partial charge in [-0.25, -0.2) is 0 Å². The van der Waals surface area contributed by atoms with Gasteiger partial charge >= 0.3 is 0 Å². The fourth-order valence-corrected chi connectivity index (χ4v) is 3.52. The fraction of sp³-hybridized carbons (Fsp3) is 0.750.